The highest BCUT2D eigenvalue weighted by atomic mass is 35.5. The molecule has 0 fully saturated rings. The van der Waals surface area contributed by atoms with Gasteiger partial charge in [0.15, 0.2) is 5.82 Å². The maximum atomic E-state index is 12.8. The highest BCUT2D eigenvalue weighted by Gasteiger charge is 2.20. The molecule has 0 bridgehead atoms. The van der Waals surface area contributed by atoms with E-state index < -0.39 is 5.91 Å². The number of nitrogens with zero attached hydrogens (tertiary/aromatic N) is 3. The van der Waals surface area contributed by atoms with Crippen molar-refractivity contribution in [3.8, 4) is 17.1 Å². The molecule has 7 heteroatoms. The zero-order chi connectivity index (χ0) is 21.3. The van der Waals surface area contributed by atoms with E-state index in [1.54, 1.807) is 41.1 Å². The number of hydrogen-bond donors (Lipinski definition) is 1. The molecule has 0 unspecified atom stereocenters. The molecule has 0 saturated heterocycles. The summed E-state index contributed by atoms with van der Waals surface area (Å²) < 4.78 is 1.69. The number of aromatic nitrogens is 3. The van der Waals surface area contributed by atoms with E-state index in [0.717, 1.165) is 22.4 Å². The SMILES string of the molecule is Cc1ccc(-n2nc(C(=O)Nc3ccc(Cl)cc3)nc2-c2ccc(Cl)cc2)c(C)c1. The van der Waals surface area contributed by atoms with E-state index >= 15 is 0 Å². The van der Waals surface area contributed by atoms with E-state index in [0.29, 0.717) is 21.6 Å². The van der Waals surface area contributed by atoms with E-state index in [4.69, 9.17) is 23.2 Å². The number of amides is 1. The minimum absolute atomic E-state index is 0.0647. The van der Waals surface area contributed by atoms with E-state index in [2.05, 4.69) is 21.5 Å². The number of anilines is 1. The van der Waals surface area contributed by atoms with Crippen LogP contribution in [-0.4, -0.2) is 20.7 Å². The van der Waals surface area contributed by atoms with Gasteiger partial charge in [-0.3, -0.25) is 4.79 Å². The zero-order valence-electron chi connectivity index (χ0n) is 16.4. The molecule has 1 amide bonds. The quantitative estimate of drug-likeness (QED) is 0.419. The molecule has 150 valence electrons. The Morgan fingerprint density at radius 2 is 1.53 bits per heavy atom. The van der Waals surface area contributed by atoms with E-state index in [1.807, 2.05) is 38.1 Å². The number of aryl methyl sites for hydroxylation is 2. The first-order chi connectivity index (χ1) is 14.4. The van der Waals surface area contributed by atoms with Gasteiger partial charge in [-0.1, -0.05) is 40.9 Å². The van der Waals surface area contributed by atoms with Crippen molar-refractivity contribution in [3.05, 3.63) is 93.7 Å². The Kier molecular flexibility index (Phi) is 5.57. The van der Waals surface area contributed by atoms with Crippen molar-refractivity contribution >= 4 is 34.8 Å². The van der Waals surface area contributed by atoms with Crippen LogP contribution in [0.4, 0.5) is 5.69 Å². The van der Waals surface area contributed by atoms with Crippen molar-refractivity contribution in [2.45, 2.75) is 13.8 Å². The van der Waals surface area contributed by atoms with Gasteiger partial charge in [0.25, 0.3) is 5.91 Å². The Bertz CT molecular complexity index is 1220. The van der Waals surface area contributed by atoms with Gasteiger partial charge < -0.3 is 5.32 Å². The molecular formula is C23H18Cl2N4O. The lowest BCUT2D eigenvalue weighted by Gasteiger charge is -2.10. The second-order valence-electron chi connectivity index (χ2n) is 6.93. The van der Waals surface area contributed by atoms with Crippen LogP contribution in [0, 0.1) is 13.8 Å². The lowest BCUT2D eigenvalue weighted by Crippen LogP contribution is -2.14. The lowest BCUT2D eigenvalue weighted by atomic mass is 10.1. The minimum atomic E-state index is -0.406. The van der Waals surface area contributed by atoms with Crippen LogP contribution in [0.25, 0.3) is 17.1 Å². The molecule has 0 saturated carbocycles. The van der Waals surface area contributed by atoms with Gasteiger partial charge >= 0.3 is 0 Å². The third kappa shape index (κ3) is 4.22. The number of carbonyl (C=O) groups is 1. The molecule has 0 spiro atoms. The van der Waals surface area contributed by atoms with Crippen molar-refractivity contribution in [2.24, 2.45) is 0 Å². The molecule has 0 aliphatic rings. The summed E-state index contributed by atoms with van der Waals surface area (Å²) in [6, 6.07) is 20.2. The number of rotatable bonds is 4. The smallest absolute Gasteiger partial charge is 0.295 e. The first kappa shape index (κ1) is 20.1. The number of halogens is 2. The average molecular weight is 437 g/mol. The van der Waals surface area contributed by atoms with E-state index in [9.17, 15) is 4.79 Å². The molecule has 1 heterocycles. The highest BCUT2D eigenvalue weighted by molar-refractivity contribution is 6.31. The summed E-state index contributed by atoms with van der Waals surface area (Å²) in [5, 5.41) is 8.54. The summed E-state index contributed by atoms with van der Waals surface area (Å²) in [7, 11) is 0. The third-order valence-electron chi connectivity index (χ3n) is 4.60. The van der Waals surface area contributed by atoms with Gasteiger partial charge in [-0.05, 0) is 74.0 Å². The molecule has 4 rings (SSSR count). The average Bonchev–Trinajstić information content (AvgIpc) is 3.15. The normalized spacial score (nSPS) is 10.8. The number of hydrogen-bond acceptors (Lipinski definition) is 3. The Morgan fingerprint density at radius 3 is 2.17 bits per heavy atom. The van der Waals surface area contributed by atoms with Gasteiger partial charge in [0.05, 0.1) is 5.69 Å². The van der Waals surface area contributed by atoms with E-state index in [-0.39, 0.29) is 5.82 Å². The fourth-order valence-electron chi connectivity index (χ4n) is 3.13. The summed E-state index contributed by atoms with van der Waals surface area (Å²) in [5.74, 6) is 0.214. The van der Waals surface area contributed by atoms with Gasteiger partial charge in [-0.25, -0.2) is 9.67 Å². The standard InChI is InChI=1S/C23H18Cl2N4O/c1-14-3-12-20(15(2)13-14)29-22(16-4-6-17(24)7-5-16)27-21(28-29)23(30)26-19-10-8-18(25)9-11-19/h3-13H,1-2H3,(H,26,30). The second kappa shape index (κ2) is 8.30. The van der Waals surface area contributed by atoms with Crippen LogP contribution in [0.2, 0.25) is 10.0 Å². The van der Waals surface area contributed by atoms with Crippen LogP contribution in [0.15, 0.2) is 66.7 Å². The van der Waals surface area contributed by atoms with Crippen LogP contribution in [-0.2, 0) is 0 Å². The zero-order valence-corrected chi connectivity index (χ0v) is 17.9. The topological polar surface area (TPSA) is 59.8 Å². The van der Waals surface area contributed by atoms with Gasteiger partial charge in [-0.2, -0.15) is 0 Å². The Balaban J connectivity index is 1.78. The molecule has 30 heavy (non-hydrogen) atoms. The molecule has 0 aliphatic heterocycles. The molecule has 0 aliphatic carbocycles. The Morgan fingerprint density at radius 1 is 0.900 bits per heavy atom. The summed E-state index contributed by atoms with van der Waals surface area (Å²) in [6.45, 7) is 4.03. The summed E-state index contributed by atoms with van der Waals surface area (Å²) in [5.41, 5.74) is 4.44. The number of carbonyl (C=O) groups excluding carboxylic acids is 1. The fraction of sp³-hybridized carbons (Fsp3) is 0.0870. The van der Waals surface area contributed by atoms with Gasteiger partial charge in [-0.15, -0.1) is 5.10 Å². The molecule has 0 atom stereocenters. The Hall–Kier alpha value is -3.15. The van der Waals surface area contributed by atoms with Gasteiger partial charge in [0.2, 0.25) is 5.82 Å². The molecule has 1 N–H and O–H groups in total. The largest absolute Gasteiger partial charge is 0.319 e. The molecule has 1 aromatic heterocycles. The highest BCUT2D eigenvalue weighted by Crippen LogP contribution is 2.25. The number of benzene rings is 3. The van der Waals surface area contributed by atoms with Gasteiger partial charge in [0.1, 0.15) is 0 Å². The minimum Gasteiger partial charge on any atom is -0.319 e. The van der Waals surface area contributed by atoms with Gasteiger partial charge in [0, 0.05) is 21.3 Å². The molecule has 4 aromatic rings. The maximum absolute atomic E-state index is 12.8. The lowest BCUT2D eigenvalue weighted by molar-refractivity contribution is 0.101. The number of nitrogens with one attached hydrogen (secondary N) is 1. The van der Waals surface area contributed by atoms with Crippen LogP contribution in [0.5, 0.6) is 0 Å². The fourth-order valence-corrected chi connectivity index (χ4v) is 3.38. The predicted molar refractivity (Wildman–Crippen MR) is 121 cm³/mol. The van der Waals surface area contributed by atoms with Crippen molar-refractivity contribution in [1.29, 1.82) is 0 Å². The van der Waals surface area contributed by atoms with Crippen LogP contribution >= 0.6 is 23.2 Å². The van der Waals surface area contributed by atoms with Crippen molar-refractivity contribution in [3.63, 3.8) is 0 Å². The van der Waals surface area contributed by atoms with Crippen LogP contribution in [0.3, 0.4) is 0 Å². The first-order valence-electron chi connectivity index (χ1n) is 9.28. The van der Waals surface area contributed by atoms with Crippen molar-refractivity contribution in [2.75, 3.05) is 5.32 Å². The van der Waals surface area contributed by atoms with Crippen molar-refractivity contribution < 1.29 is 4.79 Å². The molecule has 5 nitrogen and oxygen atoms in total. The first-order valence-corrected chi connectivity index (χ1v) is 10.0. The maximum Gasteiger partial charge on any atom is 0.295 e. The Labute approximate surface area is 184 Å². The second-order valence-corrected chi connectivity index (χ2v) is 7.80. The predicted octanol–water partition coefficient (Wildman–Crippen LogP) is 6.11. The molecular weight excluding hydrogens is 419 g/mol. The molecule has 0 radical (unpaired) electrons. The monoisotopic (exact) mass is 436 g/mol. The molecule has 3 aromatic carbocycles. The summed E-state index contributed by atoms with van der Waals surface area (Å²) >= 11 is 12.0. The van der Waals surface area contributed by atoms with E-state index in [1.165, 1.54) is 0 Å². The van der Waals surface area contributed by atoms with Crippen LogP contribution in [0.1, 0.15) is 21.7 Å². The third-order valence-corrected chi connectivity index (χ3v) is 5.10. The van der Waals surface area contributed by atoms with Crippen LogP contribution < -0.4 is 5.32 Å². The van der Waals surface area contributed by atoms with Crippen molar-refractivity contribution in [1.82, 2.24) is 14.8 Å². The summed E-state index contributed by atoms with van der Waals surface area (Å²) in [6.07, 6.45) is 0. The summed E-state index contributed by atoms with van der Waals surface area (Å²) in [4.78, 5) is 17.4.